The first-order chi connectivity index (χ1) is 11.3. The Morgan fingerprint density at radius 1 is 1.17 bits per heavy atom. The lowest BCUT2D eigenvalue weighted by Crippen LogP contribution is -2.25. The van der Waals surface area contributed by atoms with E-state index in [2.05, 4.69) is 27.4 Å². The summed E-state index contributed by atoms with van der Waals surface area (Å²) in [6.07, 6.45) is 5.31. The molecule has 1 N–H and O–H groups in total. The SMILES string of the molecule is CCn1c(=O)c(NCCCc2ccccc2)nc2ccncc21. The molecule has 0 aliphatic rings. The first kappa shape index (κ1) is 15.2. The molecule has 2 aromatic heterocycles. The van der Waals surface area contributed by atoms with Crippen molar-refractivity contribution < 1.29 is 0 Å². The monoisotopic (exact) mass is 308 g/mol. The number of pyridine rings is 1. The Kier molecular flexibility index (Phi) is 4.66. The standard InChI is InChI=1S/C18H20N4O/c1-2-22-16-13-19-12-10-15(16)21-17(18(22)23)20-11-6-9-14-7-4-3-5-8-14/h3-5,7-8,10,12-13H,2,6,9,11H2,1H3,(H,20,21). The van der Waals surface area contributed by atoms with Crippen molar-refractivity contribution in [2.75, 3.05) is 11.9 Å². The van der Waals surface area contributed by atoms with Gasteiger partial charge in [-0.1, -0.05) is 30.3 Å². The number of fused-ring (bicyclic) bond motifs is 1. The molecule has 0 aliphatic heterocycles. The van der Waals surface area contributed by atoms with Crippen LogP contribution in [0.5, 0.6) is 0 Å². The predicted octanol–water partition coefficient (Wildman–Crippen LogP) is 2.86. The smallest absolute Gasteiger partial charge is 0.293 e. The zero-order valence-corrected chi connectivity index (χ0v) is 13.2. The fourth-order valence-electron chi connectivity index (χ4n) is 2.66. The molecule has 0 atom stereocenters. The van der Waals surface area contributed by atoms with E-state index >= 15 is 0 Å². The molecular weight excluding hydrogens is 288 g/mol. The van der Waals surface area contributed by atoms with E-state index in [4.69, 9.17) is 0 Å². The average Bonchev–Trinajstić information content (AvgIpc) is 2.60. The second-order valence-corrected chi connectivity index (χ2v) is 5.39. The molecular formula is C18H20N4O. The molecule has 0 fully saturated rings. The Labute approximate surface area is 135 Å². The number of benzene rings is 1. The normalized spacial score (nSPS) is 10.8. The van der Waals surface area contributed by atoms with Crippen LogP contribution in [-0.2, 0) is 13.0 Å². The summed E-state index contributed by atoms with van der Waals surface area (Å²) in [5.74, 6) is 0.415. The van der Waals surface area contributed by atoms with Crippen molar-refractivity contribution in [3.05, 3.63) is 64.7 Å². The zero-order chi connectivity index (χ0) is 16.1. The van der Waals surface area contributed by atoms with Crippen LogP contribution in [0.2, 0.25) is 0 Å². The van der Waals surface area contributed by atoms with Gasteiger partial charge in [0.05, 0.1) is 17.2 Å². The molecule has 5 nitrogen and oxygen atoms in total. The van der Waals surface area contributed by atoms with E-state index in [-0.39, 0.29) is 5.56 Å². The minimum absolute atomic E-state index is 0.0901. The molecule has 3 rings (SSSR count). The third-order valence-electron chi connectivity index (χ3n) is 3.84. The van der Waals surface area contributed by atoms with Gasteiger partial charge >= 0.3 is 0 Å². The van der Waals surface area contributed by atoms with Crippen LogP contribution in [-0.4, -0.2) is 21.1 Å². The first-order valence-electron chi connectivity index (χ1n) is 7.92. The third-order valence-corrected chi connectivity index (χ3v) is 3.84. The summed E-state index contributed by atoms with van der Waals surface area (Å²) in [5.41, 5.74) is 2.77. The molecule has 5 heteroatoms. The molecule has 0 unspecified atom stereocenters. The van der Waals surface area contributed by atoms with Gasteiger partial charge in [-0.15, -0.1) is 0 Å². The van der Waals surface area contributed by atoms with Crippen LogP contribution in [0.25, 0.3) is 11.0 Å². The summed E-state index contributed by atoms with van der Waals surface area (Å²) in [6, 6.07) is 12.2. The fourth-order valence-corrected chi connectivity index (χ4v) is 2.66. The summed E-state index contributed by atoms with van der Waals surface area (Å²) in [7, 11) is 0. The molecule has 0 radical (unpaired) electrons. The summed E-state index contributed by atoms with van der Waals surface area (Å²) in [4.78, 5) is 21.0. The number of aryl methyl sites for hydroxylation is 2. The Morgan fingerprint density at radius 2 is 2.00 bits per heavy atom. The summed E-state index contributed by atoms with van der Waals surface area (Å²) in [6.45, 7) is 3.27. The van der Waals surface area contributed by atoms with Gasteiger partial charge in [-0.3, -0.25) is 9.78 Å². The highest BCUT2D eigenvalue weighted by atomic mass is 16.1. The van der Waals surface area contributed by atoms with Crippen LogP contribution in [0, 0.1) is 0 Å². The molecule has 23 heavy (non-hydrogen) atoms. The van der Waals surface area contributed by atoms with Crippen LogP contribution in [0.3, 0.4) is 0 Å². The zero-order valence-electron chi connectivity index (χ0n) is 13.2. The minimum Gasteiger partial charge on any atom is -0.365 e. The quantitative estimate of drug-likeness (QED) is 0.711. The second kappa shape index (κ2) is 7.05. The van der Waals surface area contributed by atoms with Gasteiger partial charge in [0.25, 0.3) is 5.56 Å². The highest BCUT2D eigenvalue weighted by Crippen LogP contribution is 2.10. The van der Waals surface area contributed by atoms with Crippen molar-refractivity contribution in [2.45, 2.75) is 26.3 Å². The van der Waals surface area contributed by atoms with E-state index in [1.807, 2.05) is 31.2 Å². The third kappa shape index (κ3) is 3.39. The molecule has 2 heterocycles. The second-order valence-electron chi connectivity index (χ2n) is 5.39. The number of nitrogens with one attached hydrogen (secondary N) is 1. The van der Waals surface area contributed by atoms with E-state index in [1.54, 1.807) is 17.0 Å². The number of aromatic nitrogens is 3. The van der Waals surface area contributed by atoms with Crippen molar-refractivity contribution in [3.8, 4) is 0 Å². The molecule has 3 aromatic rings. The van der Waals surface area contributed by atoms with Crippen molar-refractivity contribution in [3.63, 3.8) is 0 Å². The number of anilines is 1. The number of hydrogen-bond acceptors (Lipinski definition) is 4. The minimum atomic E-state index is -0.0901. The molecule has 0 saturated carbocycles. The maximum absolute atomic E-state index is 12.5. The van der Waals surface area contributed by atoms with Crippen molar-refractivity contribution in [1.29, 1.82) is 0 Å². The Morgan fingerprint density at radius 3 is 2.78 bits per heavy atom. The van der Waals surface area contributed by atoms with Crippen LogP contribution in [0.4, 0.5) is 5.82 Å². The molecule has 0 saturated heterocycles. The molecule has 0 bridgehead atoms. The van der Waals surface area contributed by atoms with Gasteiger partial charge in [-0.2, -0.15) is 0 Å². The number of rotatable bonds is 6. The molecule has 0 amide bonds. The summed E-state index contributed by atoms with van der Waals surface area (Å²) < 4.78 is 1.70. The lowest BCUT2D eigenvalue weighted by atomic mass is 10.1. The number of hydrogen-bond donors (Lipinski definition) is 1. The highest BCUT2D eigenvalue weighted by molar-refractivity contribution is 5.75. The van der Waals surface area contributed by atoms with E-state index in [9.17, 15) is 4.79 Å². The average molecular weight is 308 g/mol. The van der Waals surface area contributed by atoms with Crippen molar-refractivity contribution in [1.82, 2.24) is 14.5 Å². The van der Waals surface area contributed by atoms with Crippen LogP contribution < -0.4 is 10.9 Å². The van der Waals surface area contributed by atoms with Crippen LogP contribution >= 0.6 is 0 Å². The van der Waals surface area contributed by atoms with E-state index in [0.29, 0.717) is 12.4 Å². The maximum Gasteiger partial charge on any atom is 0.293 e. The van der Waals surface area contributed by atoms with Gasteiger partial charge in [-0.25, -0.2) is 4.98 Å². The lowest BCUT2D eigenvalue weighted by molar-refractivity contribution is 0.750. The van der Waals surface area contributed by atoms with Gasteiger partial charge in [0, 0.05) is 19.3 Å². The van der Waals surface area contributed by atoms with Gasteiger partial charge in [0.15, 0.2) is 5.82 Å². The molecule has 0 aliphatic carbocycles. The molecule has 118 valence electrons. The van der Waals surface area contributed by atoms with Crippen molar-refractivity contribution >= 4 is 16.9 Å². The Bertz CT molecular complexity index is 843. The van der Waals surface area contributed by atoms with E-state index in [1.165, 1.54) is 5.56 Å². The van der Waals surface area contributed by atoms with E-state index < -0.39 is 0 Å². The predicted molar refractivity (Wildman–Crippen MR) is 92.7 cm³/mol. The molecule has 0 spiro atoms. The largest absolute Gasteiger partial charge is 0.365 e. The first-order valence-corrected chi connectivity index (χ1v) is 7.92. The topological polar surface area (TPSA) is 59.8 Å². The Hall–Kier alpha value is -2.69. The summed E-state index contributed by atoms with van der Waals surface area (Å²) >= 11 is 0. The fraction of sp³-hybridized carbons (Fsp3) is 0.278. The van der Waals surface area contributed by atoms with E-state index in [0.717, 1.165) is 30.4 Å². The summed E-state index contributed by atoms with van der Waals surface area (Å²) in [5, 5.41) is 3.19. The van der Waals surface area contributed by atoms with Crippen molar-refractivity contribution in [2.24, 2.45) is 0 Å². The maximum atomic E-state index is 12.5. The number of nitrogens with zero attached hydrogens (tertiary/aromatic N) is 3. The Balaban J connectivity index is 1.73. The van der Waals surface area contributed by atoms with Crippen LogP contribution in [0.1, 0.15) is 18.9 Å². The van der Waals surface area contributed by atoms with Gasteiger partial charge < -0.3 is 9.88 Å². The van der Waals surface area contributed by atoms with Gasteiger partial charge in [0.1, 0.15) is 0 Å². The van der Waals surface area contributed by atoms with Gasteiger partial charge in [0.2, 0.25) is 0 Å². The molecule has 1 aromatic carbocycles. The van der Waals surface area contributed by atoms with Crippen LogP contribution in [0.15, 0.2) is 53.6 Å². The van der Waals surface area contributed by atoms with Gasteiger partial charge in [-0.05, 0) is 31.4 Å². The lowest BCUT2D eigenvalue weighted by Gasteiger charge is -2.11. The highest BCUT2D eigenvalue weighted by Gasteiger charge is 2.09.